The Kier molecular flexibility index (Phi) is 4.71. The van der Waals surface area contributed by atoms with Crippen molar-refractivity contribution in [2.45, 2.75) is 0 Å². The van der Waals surface area contributed by atoms with Crippen molar-refractivity contribution in [2.75, 3.05) is 7.11 Å². The average Bonchev–Trinajstić information content (AvgIpc) is 3.01. The molecule has 3 rings (SSSR count). The quantitative estimate of drug-likeness (QED) is 0.558. The monoisotopic (exact) mass is 353 g/mol. The molecule has 126 valence electrons. The third-order valence-electron chi connectivity index (χ3n) is 3.47. The van der Waals surface area contributed by atoms with E-state index >= 15 is 0 Å². The fourth-order valence-corrected chi connectivity index (χ4v) is 2.33. The molecule has 8 heteroatoms. The number of aromatic amines is 1. The van der Waals surface area contributed by atoms with Gasteiger partial charge in [-0.1, -0.05) is 24.3 Å². The molecule has 0 fully saturated rings. The van der Waals surface area contributed by atoms with Crippen LogP contribution in [0.25, 0.3) is 11.4 Å². The first-order chi connectivity index (χ1) is 12.1. The number of hydrogen-bond donors (Lipinski definition) is 1. The van der Waals surface area contributed by atoms with E-state index in [0.717, 1.165) is 11.3 Å². The van der Waals surface area contributed by atoms with Gasteiger partial charge < -0.3 is 14.6 Å². The van der Waals surface area contributed by atoms with Crippen LogP contribution in [0.1, 0.15) is 15.9 Å². The highest BCUT2D eigenvalue weighted by Crippen LogP contribution is 2.20. The Bertz CT molecular complexity index is 972. The Hall–Kier alpha value is -3.26. The summed E-state index contributed by atoms with van der Waals surface area (Å²) < 4.78 is 6.97. The first-order valence-electron chi connectivity index (χ1n) is 7.26. The number of ether oxygens (including phenoxy) is 1. The molecule has 0 saturated carbocycles. The van der Waals surface area contributed by atoms with Gasteiger partial charge in [0.25, 0.3) is 0 Å². The Morgan fingerprint density at radius 2 is 1.92 bits per heavy atom. The van der Waals surface area contributed by atoms with Crippen LogP contribution in [0.5, 0.6) is 5.75 Å². The van der Waals surface area contributed by atoms with E-state index in [9.17, 15) is 9.90 Å². The molecule has 25 heavy (non-hydrogen) atoms. The lowest BCUT2D eigenvalue weighted by atomic mass is 10.1. The van der Waals surface area contributed by atoms with Crippen LogP contribution in [0.3, 0.4) is 0 Å². The average molecular weight is 353 g/mol. The first kappa shape index (κ1) is 16.6. The number of hydrogen-bond acceptors (Lipinski definition) is 6. The highest BCUT2D eigenvalue weighted by atomic mass is 32.1. The van der Waals surface area contributed by atoms with E-state index in [0.29, 0.717) is 16.2 Å². The summed E-state index contributed by atoms with van der Waals surface area (Å²) in [5.41, 5.74) is 1.64. The summed E-state index contributed by atoms with van der Waals surface area (Å²) in [7, 11) is 1.60. The molecule has 7 nitrogen and oxygen atoms in total. The summed E-state index contributed by atoms with van der Waals surface area (Å²) in [6.07, 6.45) is 1.57. The molecule has 0 aliphatic heterocycles. The summed E-state index contributed by atoms with van der Waals surface area (Å²) in [4.78, 5) is 10.8. The van der Waals surface area contributed by atoms with E-state index in [-0.39, 0.29) is 5.56 Å². The lowest BCUT2D eigenvalue weighted by Gasteiger charge is -2.03. The molecule has 3 aromatic rings. The Labute approximate surface area is 148 Å². The van der Waals surface area contributed by atoms with Gasteiger partial charge in [0.15, 0.2) is 5.82 Å². The summed E-state index contributed by atoms with van der Waals surface area (Å²) in [5.74, 6) is 0.0681. The number of carboxylic acids is 1. The van der Waals surface area contributed by atoms with Crippen LogP contribution in [-0.4, -0.2) is 34.2 Å². The van der Waals surface area contributed by atoms with E-state index in [1.807, 2.05) is 24.3 Å². The smallest absolute Gasteiger partial charge is 0.216 e. The fraction of sp³-hybridized carbons (Fsp3) is 0.0588. The van der Waals surface area contributed by atoms with Crippen molar-refractivity contribution >= 4 is 24.4 Å². The SMILES string of the molecule is COc1ccc(-c2n[nH]c(=S)n2/N=C\c2ccc(C(=O)[O-])cc2)cc1. The molecule has 1 N–H and O–H groups in total. The van der Waals surface area contributed by atoms with E-state index in [1.165, 1.54) is 16.8 Å². The van der Waals surface area contributed by atoms with E-state index < -0.39 is 5.97 Å². The highest BCUT2D eigenvalue weighted by molar-refractivity contribution is 7.71. The van der Waals surface area contributed by atoms with Crippen molar-refractivity contribution in [3.8, 4) is 17.1 Å². The molecule has 0 spiro atoms. The number of H-pyrrole nitrogens is 1. The minimum atomic E-state index is -1.22. The van der Waals surface area contributed by atoms with Crippen LogP contribution in [0.2, 0.25) is 0 Å². The predicted molar refractivity (Wildman–Crippen MR) is 93.2 cm³/mol. The molecule has 0 amide bonds. The molecule has 0 bridgehead atoms. The van der Waals surface area contributed by atoms with E-state index in [4.69, 9.17) is 17.0 Å². The molecular formula is C17H13N4O3S-. The third-order valence-corrected chi connectivity index (χ3v) is 3.73. The standard InChI is InChI=1S/C17H14N4O3S/c1-24-14-8-6-12(7-9-14)15-19-20-17(25)21(15)18-10-11-2-4-13(5-3-11)16(22)23/h2-10H,1H3,(H,20,25)(H,22,23)/p-1/b18-10-. The van der Waals surface area contributed by atoms with Crippen LogP contribution in [0, 0.1) is 4.77 Å². The molecule has 1 heterocycles. The van der Waals surface area contributed by atoms with Gasteiger partial charge in [0, 0.05) is 5.56 Å². The Morgan fingerprint density at radius 1 is 1.24 bits per heavy atom. The van der Waals surface area contributed by atoms with Gasteiger partial charge in [-0.25, -0.2) is 5.10 Å². The molecule has 2 aromatic carbocycles. The number of nitrogens with one attached hydrogen (secondary N) is 1. The van der Waals surface area contributed by atoms with Crippen molar-refractivity contribution < 1.29 is 14.6 Å². The summed E-state index contributed by atoms with van der Waals surface area (Å²) in [5, 5.41) is 22.0. The molecule has 0 atom stereocenters. The van der Waals surface area contributed by atoms with Crippen LogP contribution in [-0.2, 0) is 0 Å². The van der Waals surface area contributed by atoms with Gasteiger partial charge in [-0.15, -0.1) is 0 Å². The van der Waals surface area contributed by atoms with Crippen LogP contribution >= 0.6 is 12.2 Å². The first-order valence-corrected chi connectivity index (χ1v) is 7.67. The lowest BCUT2D eigenvalue weighted by molar-refractivity contribution is -0.255. The van der Waals surface area contributed by atoms with Crippen LogP contribution in [0.4, 0.5) is 0 Å². The zero-order valence-electron chi connectivity index (χ0n) is 13.2. The maximum atomic E-state index is 10.8. The minimum Gasteiger partial charge on any atom is -0.545 e. The number of nitrogens with zero attached hydrogens (tertiary/aromatic N) is 3. The number of aromatic nitrogens is 3. The number of carbonyl (C=O) groups is 1. The van der Waals surface area contributed by atoms with Gasteiger partial charge in [-0.3, -0.25) is 0 Å². The molecule has 1 aromatic heterocycles. The topological polar surface area (TPSA) is 95.3 Å². The number of carbonyl (C=O) groups excluding carboxylic acids is 1. The van der Waals surface area contributed by atoms with Crippen LogP contribution < -0.4 is 9.84 Å². The van der Waals surface area contributed by atoms with Gasteiger partial charge in [0.2, 0.25) is 4.77 Å². The number of methoxy groups -OCH3 is 1. The molecule has 0 unspecified atom stereocenters. The van der Waals surface area contributed by atoms with Gasteiger partial charge in [0.05, 0.1) is 19.3 Å². The van der Waals surface area contributed by atoms with Gasteiger partial charge in [-0.2, -0.15) is 14.9 Å². The molecule has 0 aliphatic rings. The maximum absolute atomic E-state index is 10.8. The molecule has 0 aliphatic carbocycles. The van der Waals surface area contributed by atoms with Crippen LogP contribution in [0.15, 0.2) is 53.6 Å². The lowest BCUT2D eigenvalue weighted by Crippen LogP contribution is -2.21. The van der Waals surface area contributed by atoms with Crippen molar-refractivity contribution in [2.24, 2.45) is 5.10 Å². The minimum absolute atomic E-state index is 0.107. The van der Waals surface area contributed by atoms with Crippen molar-refractivity contribution in [1.82, 2.24) is 14.9 Å². The van der Waals surface area contributed by atoms with Gasteiger partial charge in [-0.05, 0) is 47.6 Å². The Morgan fingerprint density at radius 3 is 2.52 bits per heavy atom. The van der Waals surface area contributed by atoms with Crippen molar-refractivity contribution in [3.63, 3.8) is 0 Å². The normalized spacial score (nSPS) is 10.9. The number of rotatable bonds is 5. The summed E-state index contributed by atoms with van der Waals surface area (Å²) in [6.45, 7) is 0. The number of aromatic carboxylic acids is 1. The third kappa shape index (κ3) is 3.64. The highest BCUT2D eigenvalue weighted by Gasteiger charge is 2.08. The fourth-order valence-electron chi connectivity index (χ4n) is 2.16. The van der Waals surface area contributed by atoms with E-state index in [2.05, 4.69) is 15.3 Å². The molecule has 0 radical (unpaired) electrons. The van der Waals surface area contributed by atoms with Gasteiger partial charge >= 0.3 is 0 Å². The summed E-state index contributed by atoms with van der Waals surface area (Å²) in [6, 6.07) is 13.5. The second kappa shape index (κ2) is 7.10. The number of carboxylic acid groups (broad SMARTS) is 1. The largest absolute Gasteiger partial charge is 0.545 e. The second-order valence-corrected chi connectivity index (χ2v) is 5.43. The predicted octanol–water partition coefficient (Wildman–Crippen LogP) is 1.86. The second-order valence-electron chi connectivity index (χ2n) is 5.05. The summed E-state index contributed by atoms with van der Waals surface area (Å²) >= 11 is 5.21. The zero-order valence-corrected chi connectivity index (χ0v) is 14.0. The maximum Gasteiger partial charge on any atom is 0.216 e. The molecule has 0 saturated heterocycles. The van der Waals surface area contributed by atoms with Crippen molar-refractivity contribution in [3.05, 3.63) is 64.4 Å². The van der Waals surface area contributed by atoms with Gasteiger partial charge in [0.1, 0.15) is 5.75 Å². The van der Waals surface area contributed by atoms with E-state index in [1.54, 1.807) is 25.5 Å². The molecular weight excluding hydrogens is 340 g/mol. The Balaban J connectivity index is 1.91. The van der Waals surface area contributed by atoms with Crippen molar-refractivity contribution in [1.29, 1.82) is 0 Å². The zero-order chi connectivity index (χ0) is 17.8. The number of benzene rings is 2.